The smallest absolute Gasteiger partial charge is 0.0740 e. The van der Waals surface area contributed by atoms with Crippen LogP contribution in [0.4, 0.5) is 0 Å². The first-order valence-corrected chi connectivity index (χ1v) is 10.7. The van der Waals surface area contributed by atoms with Crippen LogP contribution in [0.1, 0.15) is 60.8 Å². The fraction of sp³-hybridized carbons (Fsp3) is 0.619. The lowest BCUT2D eigenvalue weighted by atomic mass is 10.2. The molecule has 0 aliphatic rings. The van der Waals surface area contributed by atoms with Gasteiger partial charge in [0.2, 0.25) is 0 Å². The van der Waals surface area contributed by atoms with Gasteiger partial charge in [-0.15, -0.1) is 6.42 Å². The van der Waals surface area contributed by atoms with E-state index in [-0.39, 0.29) is 0 Å². The van der Waals surface area contributed by atoms with Gasteiger partial charge in [0, 0.05) is 18.9 Å². The zero-order valence-electron chi connectivity index (χ0n) is 15.1. The number of hydrogen-bond acceptors (Lipinski definition) is 0. The lowest BCUT2D eigenvalue weighted by Gasteiger charge is -2.41. The third-order valence-corrected chi connectivity index (χ3v) is 11.9. The molecule has 0 rings (SSSR count). The molecule has 0 unspecified atom stereocenters. The van der Waals surface area contributed by atoms with Gasteiger partial charge >= 0.3 is 0 Å². The summed E-state index contributed by atoms with van der Waals surface area (Å²) in [6.45, 7) is 14.2. The number of unbranched alkanes of at least 4 members (excludes halogenated alkanes) is 2. The summed E-state index contributed by atoms with van der Waals surface area (Å²) in [5.41, 5.74) is 2.26. The minimum atomic E-state index is -1.40. The second-order valence-electron chi connectivity index (χ2n) is 6.66. The summed E-state index contributed by atoms with van der Waals surface area (Å²) >= 11 is 0. The maximum atomic E-state index is 5.06. The first-order valence-electron chi connectivity index (χ1n) is 8.28. The highest BCUT2D eigenvalue weighted by Gasteiger charge is 2.41. The number of hydrogen-bond donors (Lipinski definition) is 0. The largest absolute Gasteiger partial charge is 0.106 e. The minimum absolute atomic E-state index is 0.754. The Hall–Kier alpha value is -1.54. The predicted molar refractivity (Wildman–Crippen MR) is 102 cm³/mol. The van der Waals surface area contributed by atoms with Gasteiger partial charge in [-0.1, -0.05) is 59.3 Å². The van der Waals surface area contributed by atoms with Crippen LogP contribution in [0.2, 0.25) is 22.7 Å². The van der Waals surface area contributed by atoms with E-state index < -0.39 is 8.07 Å². The van der Waals surface area contributed by atoms with Crippen molar-refractivity contribution in [3.63, 3.8) is 0 Å². The second-order valence-corrected chi connectivity index (χ2v) is 12.7. The molecular weight excluding hydrogens is 280 g/mol. The first kappa shape index (κ1) is 20.5. The van der Waals surface area contributed by atoms with E-state index in [0.717, 1.165) is 41.9 Å². The van der Waals surface area contributed by atoms with Gasteiger partial charge in [0.25, 0.3) is 0 Å². The monoisotopic (exact) mass is 310 g/mol. The summed E-state index contributed by atoms with van der Waals surface area (Å²) in [5.74, 6) is 20.4. The average molecular weight is 311 g/mol. The Bertz CT molecular complexity index is 517. The van der Waals surface area contributed by atoms with Crippen LogP contribution >= 0.6 is 0 Å². The highest BCUT2D eigenvalue weighted by Crippen LogP contribution is 2.43. The molecule has 0 aromatic heterocycles. The van der Waals surface area contributed by atoms with E-state index in [1.54, 1.807) is 0 Å². The fourth-order valence-electron chi connectivity index (χ4n) is 3.34. The molecule has 118 valence electrons. The molecule has 0 atom stereocenters. The van der Waals surface area contributed by atoms with Gasteiger partial charge < -0.3 is 0 Å². The highest BCUT2D eigenvalue weighted by atomic mass is 28.3. The van der Waals surface area contributed by atoms with E-state index in [2.05, 4.69) is 83.0 Å². The van der Waals surface area contributed by atoms with Gasteiger partial charge in [-0.05, 0) is 46.7 Å². The molecule has 0 heterocycles. The SMILES string of the molecule is C#CC#CCCCC#CC#CC[Si](C(C)C)(C(C)C)C(C)C. The van der Waals surface area contributed by atoms with E-state index in [0.29, 0.717) is 0 Å². The van der Waals surface area contributed by atoms with Gasteiger partial charge in [-0.25, -0.2) is 0 Å². The van der Waals surface area contributed by atoms with Gasteiger partial charge in [0.15, 0.2) is 0 Å². The van der Waals surface area contributed by atoms with Crippen molar-refractivity contribution >= 4 is 8.07 Å². The summed E-state index contributed by atoms with van der Waals surface area (Å²) in [6, 6.07) is 1.06. The highest BCUT2D eigenvalue weighted by molar-refractivity contribution is 6.84. The molecule has 0 aromatic carbocycles. The van der Waals surface area contributed by atoms with E-state index >= 15 is 0 Å². The maximum absolute atomic E-state index is 5.06. The van der Waals surface area contributed by atoms with Crippen molar-refractivity contribution in [2.45, 2.75) is 83.5 Å². The quantitative estimate of drug-likeness (QED) is 0.346. The third-order valence-electron chi connectivity index (χ3n) is 4.62. The summed E-state index contributed by atoms with van der Waals surface area (Å²) < 4.78 is 0. The Morgan fingerprint density at radius 3 is 1.64 bits per heavy atom. The summed E-state index contributed by atoms with van der Waals surface area (Å²) in [5, 5.41) is 0. The zero-order chi connectivity index (χ0) is 17.0. The molecule has 0 saturated carbocycles. The van der Waals surface area contributed by atoms with E-state index in [4.69, 9.17) is 6.42 Å². The number of rotatable bonds is 6. The van der Waals surface area contributed by atoms with Crippen molar-refractivity contribution in [2.75, 3.05) is 0 Å². The molecule has 0 aromatic rings. The maximum Gasteiger partial charge on any atom is 0.0740 e. The van der Waals surface area contributed by atoms with E-state index in [1.165, 1.54) is 0 Å². The van der Waals surface area contributed by atoms with Gasteiger partial charge in [0.1, 0.15) is 0 Å². The third kappa shape index (κ3) is 6.48. The molecule has 0 nitrogen and oxygen atoms in total. The first-order chi connectivity index (χ1) is 10.4. The molecule has 0 saturated heterocycles. The summed E-state index contributed by atoms with van der Waals surface area (Å²) in [7, 11) is -1.40. The molecule has 0 aliphatic carbocycles. The number of terminal acetylenes is 1. The normalized spacial score (nSPS) is 10.2. The van der Waals surface area contributed by atoms with Crippen LogP contribution in [-0.2, 0) is 0 Å². The molecule has 0 radical (unpaired) electrons. The Balaban J connectivity index is 4.57. The Labute approximate surface area is 139 Å². The van der Waals surface area contributed by atoms with Crippen molar-refractivity contribution in [3.05, 3.63) is 0 Å². The van der Waals surface area contributed by atoms with Gasteiger partial charge in [-0.2, -0.15) is 0 Å². The second kappa shape index (κ2) is 11.1. The van der Waals surface area contributed by atoms with Gasteiger partial charge in [-0.3, -0.25) is 0 Å². The molecule has 0 aliphatic heterocycles. The Morgan fingerprint density at radius 2 is 1.18 bits per heavy atom. The van der Waals surface area contributed by atoms with Crippen molar-refractivity contribution < 1.29 is 0 Å². The zero-order valence-corrected chi connectivity index (χ0v) is 16.1. The predicted octanol–water partition coefficient (Wildman–Crippen LogP) is 5.48. The average Bonchev–Trinajstić information content (AvgIpc) is 2.43. The van der Waals surface area contributed by atoms with Crippen LogP contribution in [0.5, 0.6) is 0 Å². The van der Waals surface area contributed by atoms with Crippen LogP contribution in [0.15, 0.2) is 0 Å². The Kier molecular flexibility index (Phi) is 10.3. The lowest BCUT2D eigenvalue weighted by molar-refractivity contribution is 0.813. The van der Waals surface area contributed by atoms with E-state index in [1.807, 2.05) is 0 Å². The summed E-state index contributed by atoms with van der Waals surface area (Å²) in [6.07, 6.45) is 7.68. The standard InChI is InChI=1S/C21H30Si/c1-8-9-10-11-12-13-14-15-16-17-18-22(19(2)3,20(4)5)21(6)7/h1,19-21H,11-13,18H2,2-7H3. The molecule has 22 heavy (non-hydrogen) atoms. The van der Waals surface area contributed by atoms with Crippen LogP contribution in [0.25, 0.3) is 0 Å². The fourth-order valence-corrected chi connectivity index (χ4v) is 8.96. The molecule has 0 N–H and O–H groups in total. The van der Waals surface area contributed by atoms with Crippen LogP contribution < -0.4 is 0 Å². The Morgan fingerprint density at radius 1 is 0.727 bits per heavy atom. The molecule has 0 fully saturated rings. The molecular formula is C21H30Si. The lowest BCUT2D eigenvalue weighted by Crippen LogP contribution is -2.43. The molecule has 0 amide bonds. The molecule has 0 spiro atoms. The topological polar surface area (TPSA) is 0 Å². The van der Waals surface area contributed by atoms with Crippen LogP contribution in [0.3, 0.4) is 0 Å². The van der Waals surface area contributed by atoms with Crippen LogP contribution in [0, 0.1) is 47.9 Å². The summed E-state index contributed by atoms with van der Waals surface area (Å²) in [4.78, 5) is 0. The van der Waals surface area contributed by atoms with Crippen molar-refractivity contribution in [3.8, 4) is 47.9 Å². The van der Waals surface area contributed by atoms with Crippen molar-refractivity contribution in [1.82, 2.24) is 0 Å². The molecule has 0 bridgehead atoms. The van der Waals surface area contributed by atoms with Crippen molar-refractivity contribution in [1.29, 1.82) is 0 Å². The van der Waals surface area contributed by atoms with Crippen molar-refractivity contribution in [2.24, 2.45) is 0 Å². The molecule has 1 heteroatoms. The van der Waals surface area contributed by atoms with E-state index in [9.17, 15) is 0 Å². The minimum Gasteiger partial charge on any atom is -0.106 e. The van der Waals surface area contributed by atoms with Gasteiger partial charge in [0.05, 0.1) is 8.07 Å². The van der Waals surface area contributed by atoms with Crippen LogP contribution in [-0.4, -0.2) is 8.07 Å².